The molecule has 1 fully saturated rings. The molecule has 1 aliphatic heterocycles. The first-order chi connectivity index (χ1) is 6.50. The monoisotopic (exact) mass is 220 g/mol. The van der Waals surface area contributed by atoms with Crippen molar-refractivity contribution in [2.75, 3.05) is 20.6 Å². The maximum atomic E-state index is 11.9. The lowest BCUT2D eigenvalue weighted by Crippen LogP contribution is -2.48. The van der Waals surface area contributed by atoms with Crippen molar-refractivity contribution in [3.05, 3.63) is 0 Å². The van der Waals surface area contributed by atoms with Crippen LogP contribution in [0.25, 0.3) is 0 Å². The van der Waals surface area contributed by atoms with E-state index in [0.717, 1.165) is 25.7 Å². The SMILES string of the molecule is CC[C@H]1CCCCN1S(=O)(=O)N(C)C. The van der Waals surface area contributed by atoms with E-state index in [1.54, 1.807) is 18.4 Å². The van der Waals surface area contributed by atoms with Crippen LogP contribution in [0.15, 0.2) is 0 Å². The highest BCUT2D eigenvalue weighted by Gasteiger charge is 2.32. The summed E-state index contributed by atoms with van der Waals surface area (Å²) in [7, 11) is -0.00674. The molecule has 1 saturated heterocycles. The van der Waals surface area contributed by atoms with Crippen molar-refractivity contribution >= 4 is 10.2 Å². The Kier molecular flexibility index (Phi) is 3.92. The van der Waals surface area contributed by atoms with Gasteiger partial charge in [-0.15, -0.1) is 0 Å². The third-order valence-corrected chi connectivity index (χ3v) is 4.80. The second-order valence-electron chi connectivity index (χ2n) is 3.96. The van der Waals surface area contributed by atoms with Gasteiger partial charge in [0, 0.05) is 26.7 Å². The molecular formula is C9H20N2O2S. The molecule has 1 rings (SSSR count). The predicted molar refractivity (Wildman–Crippen MR) is 57.2 cm³/mol. The van der Waals surface area contributed by atoms with E-state index < -0.39 is 10.2 Å². The summed E-state index contributed by atoms with van der Waals surface area (Å²) < 4.78 is 26.8. The van der Waals surface area contributed by atoms with Gasteiger partial charge in [0.2, 0.25) is 0 Å². The van der Waals surface area contributed by atoms with Gasteiger partial charge in [0.25, 0.3) is 10.2 Å². The lowest BCUT2D eigenvalue weighted by molar-refractivity contribution is 0.234. The summed E-state index contributed by atoms with van der Waals surface area (Å²) in [5, 5.41) is 0. The van der Waals surface area contributed by atoms with Crippen molar-refractivity contribution in [3.8, 4) is 0 Å². The minimum Gasteiger partial charge on any atom is -0.195 e. The van der Waals surface area contributed by atoms with Gasteiger partial charge in [0.05, 0.1) is 0 Å². The summed E-state index contributed by atoms with van der Waals surface area (Å²) >= 11 is 0. The van der Waals surface area contributed by atoms with Crippen molar-refractivity contribution in [3.63, 3.8) is 0 Å². The topological polar surface area (TPSA) is 40.6 Å². The van der Waals surface area contributed by atoms with E-state index in [9.17, 15) is 8.42 Å². The van der Waals surface area contributed by atoms with Crippen LogP contribution in [0.5, 0.6) is 0 Å². The third kappa shape index (κ3) is 2.27. The molecule has 0 spiro atoms. The molecule has 84 valence electrons. The molecule has 4 nitrogen and oxygen atoms in total. The minimum atomic E-state index is -3.19. The van der Waals surface area contributed by atoms with Gasteiger partial charge >= 0.3 is 0 Å². The van der Waals surface area contributed by atoms with Crippen LogP contribution in [-0.2, 0) is 10.2 Å². The molecule has 0 N–H and O–H groups in total. The van der Waals surface area contributed by atoms with E-state index in [-0.39, 0.29) is 6.04 Å². The van der Waals surface area contributed by atoms with Gasteiger partial charge in [0.1, 0.15) is 0 Å². The fourth-order valence-electron chi connectivity index (χ4n) is 1.90. The molecule has 1 aliphatic rings. The maximum absolute atomic E-state index is 11.9. The highest BCUT2D eigenvalue weighted by molar-refractivity contribution is 7.86. The molecule has 0 unspecified atom stereocenters. The molecule has 0 aromatic rings. The number of nitrogens with zero attached hydrogens (tertiary/aromatic N) is 2. The third-order valence-electron chi connectivity index (χ3n) is 2.80. The highest BCUT2D eigenvalue weighted by atomic mass is 32.2. The van der Waals surface area contributed by atoms with Crippen molar-refractivity contribution < 1.29 is 8.42 Å². The molecule has 0 bridgehead atoms. The van der Waals surface area contributed by atoms with Gasteiger partial charge in [0.15, 0.2) is 0 Å². The van der Waals surface area contributed by atoms with Gasteiger partial charge in [-0.2, -0.15) is 17.0 Å². The van der Waals surface area contributed by atoms with Crippen LogP contribution in [0.3, 0.4) is 0 Å². The van der Waals surface area contributed by atoms with Crippen LogP contribution in [0, 0.1) is 0 Å². The molecule has 5 heteroatoms. The largest absolute Gasteiger partial charge is 0.281 e. The zero-order valence-corrected chi connectivity index (χ0v) is 10.0. The van der Waals surface area contributed by atoms with Crippen molar-refractivity contribution in [1.29, 1.82) is 0 Å². The smallest absolute Gasteiger partial charge is 0.195 e. The summed E-state index contributed by atoms with van der Waals surface area (Å²) in [6.45, 7) is 2.73. The Morgan fingerprint density at radius 3 is 2.50 bits per heavy atom. The summed E-state index contributed by atoms with van der Waals surface area (Å²) in [4.78, 5) is 0. The second kappa shape index (κ2) is 4.59. The molecular weight excluding hydrogens is 200 g/mol. The summed E-state index contributed by atoms with van der Waals surface area (Å²) in [5.74, 6) is 0. The van der Waals surface area contributed by atoms with Gasteiger partial charge in [-0.25, -0.2) is 0 Å². The van der Waals surface area contributed by atoms with Crippen LogP contribution < -0.4 is 0 Å². The molecule has 0 saturated carbocycles. The van der Waals surface area contributed by atoms with Crippen LogP contribution in [0.4, 0.5) is 0 Å². The fraction of sp³-hybridized carbons (Fsp3) is 1.00. The Hall–Kier alpha value is -0.130. The zero-order valence-electron chi connectivity index (χ0n) is 9.23. The van der Waals surface area contributed by atoms with Gasteiger partial charge in [-0.05, 0) is 19.3 Å². The summed E-state index contributed by atoms with van der Waals surface area (Å²) in [6.07, 6.45) is 4.05. The molecule has 14 heavy (non-hydrogen) atoms. The average molecular weight is 220 g/mol. The van der Waals surface area contributed by atoms with Gasteiger partial charge in [-0.1, -0.05) is 13.3 Å². The minimum absolute atomic E-state index is 0.205. The normalized spacial score (nSPS) is 25.6. The Labute approximate surface area is 87.1 Å². The van der Waals surface area contributed by atoms with Crippen molar-refractivity contribution in [2.24, 2.45) is 0 Å². The predicted octanol–water partition coefficient (Wildman–Crippen LogP) is 1.06. The van der Waals surface area contributed by atoms with Crippen LogP contribution in [-0.4, -0.2) is 43.7 Å². The quantitative estimate of drug-likeness (QED) is 0.713. The number of hydrogen-bond donors (Lipinski definition) is 0. The molecule has 0 aromatic carbocycles. The standard InChI is InChI=1S/C9H20N2O2S/c1-4-9-7-5-6-8-11(9)14(12,13)10(2)3/h9H,4-8H2,1-3H3/t9-/m0/s1. The molecule has 1 heterocycles. The lowest BCUT2D eigenvalue weighted by Gasteiger charge is -2.35. The Morgan fingerprint density at radius 1 is 1.36 bits per heavy atom. The van der Waals surface area contributed by atoms with E-state index in [2.05, 4.69) is 0 Å². The lowest BCUT2D eigenvalue weighted by atomic mass is 10.0. The Balaban J connectivity index is 2.83. The summed E-state index contributed by atoms with van der Waals surface area (Å²) in [5.41, 5.74) is 0. The average Bonchev–Trinajstić information content (AvgIpc) is 2.17. The van der Waals surface area contributed by atoms with E-state index in [1.165, 1.54) is 4.31 Å². The molecule has 0 aliphatic carbocycles. The number of hydrogen-bond acceptors (Lipinski definition) is 2. The number of piperidine rings is 1. The van der Waals surface area contributed by atoms with Crippen LogP contribution in [0.2, 0.25) is 0 Å². The van der Waals surface area contributed by atoms with E-state index in [0.29, 0.717) is 6.54 Å². The molecule has 0 amide bonds. The fourth-order valence-corrected chi connectivity index (χ4v) is 3.31. The Morgan fingerprint density at radius 2 is 2.00 bits per heavy atom. The van der Waals surface area contributed by atoms with E-state index in [1.807, 2.05) is 6.92 Å². The van der Waals surface area contributed by atoms with Crippen LogP contribution in [0.1, 0.15) is 32.6 Å². The molecule has 1 atom stereocenters. The van der Waals surface area contributed by atoms with Crippen molar-refractivity contribution in [1.82, 2.24) is 8.61 Å². The van der Waals surface area contributed by atoms with E-state index >= 15 is 0 Å². The zero-order chi connectivity index (χ0) is 10.8. The highest BCUT2D eigenvalue weighted by Crippen LogP contribution is 2.23. The first-order valence-electron chi connectivity index (χ1n) is 5.19. The van der Waals surface area contributed by atoms with Gasteiger partial charge < -0.3 is 0 Å². The van der Waals surface area contributed by atoms with Gasteiger partial charge in [-0.3, -0.25) is 0 Å². The maximum Gasteiger partial charge on any atom is 0.281 e. The van der Waals surface area contributed by atoms with E-state index in [4.69, 9.17) is 0 Å². The van der Waals surface area contributed by atoms with Crippen LogP contribution >= 0.6 is 0 Å². The second-order valence-corrected chi connectivity index (χ2v) is 6.05. The molecule has 0 aromatic heterocycles. The Bertz CT molecular complexity index is 275. The molecule has 0 radical (unpaired) electrons. The first-order valence-corrected chi connectivity index (χ1v) is 6.59. The van der Waals surface area contributed by atoms with Crippen molar-refractivity contribution in [2.45, 2.75) is 38.6 Å². The number of rotatable bonds is 3. The first kappa shape index (κ1) is 11.9. The summed E-state index contributed by atoms with van der Waals surface area (Å²) in [6, 6.07) is 0.205.